The van der Waals surface area contributed by atoms with Crippen LogP contribution in [-0.2, 0) is 12.8 Å². The van der Waals surface area contributed by atoms with Gasteiger partial charge in [-0.1, -0.05) is 112 Å². The van der Waals surface area contributed by atoms with E-state index in [-0.39, 0.29) is 0 Å². The summed E-state index contributed by atoms with van der Waals surface area (Å²) in [6.07, 6.45) is 18.4. The lowest BCUT2D eigenvalue weighted by atomic mass is 9.86. The maximum atomic E-state index is 3.69. The Kier molecular flexibility index (Phi) is 8.08. The van der Waals surface area contributed by atoms with Gasteiger partial charge in [0.25, 0.3) is 0 Å². The van der Waals surface area contributed by atoms with E-state index in [0.29, 0.717) is 0 Å². The van der Waals surface area contributed by atoms with Crippen molar-refractivity contribution in [1.82, 2.24) is 0 Å². The lowest BCUT2D eigenvalue weighted by Gasteiger charge is -2.18. The number of hydrogen-bond acceptors (Lipinski definition) is 0. The molecule has 3 aliphatic rings. The molecule has 1 saturated carbocycles. The van der Waals surface area contributed by atoms with Gasteiger partial charge in [0.2, 0.25) is 0 Å². The summed E-state index contributed by atoms with van der Waals surface area (Å²) in [6.45, 7) is 11.7. The highest BCUT2D eigenvalue weighted by Crippen LogP contribution is 2.52. The van der Waals surface area contributed by atoms with Gasteiger partial charge in [-0.2, -0.15) is 0 Å². The van der Waals surface area contributed by atoms with Crippen LogP contribution in [0.25, 0.3) is 12.2 Å². The summed E-state index contributed by atoms with van der Waals surface area (Å²) < 4.78 is 0. The van der Waals surface area contributed by atoms with Crippen molar-refractivity contribution in [2.45, 2.75) is 39.5 Å². The normalized spacial score (nSPS) is 24.3. The van der Waals surface area contributed by atoms with Crippen LogP contribution in [0, 0.1) is 23.7 Å². The Morgan fingerprint density at radius 1 is 0.733 bits per heavy atom. The van der Waals surface area contributed by atoms with Crippen LogP contribution in [0.15, 0.2) is 86.0 Å². The molecule has 4 atom stereocenters. The van der Waals surface area contributed by atoms with Crippen LogP contribution < -0.4 is 0 Å². The number of allylic oxidation sites excluding steroid dienone is 4. The molecule has 2 bridgehead atoms. The van der Waals surface area contributed by atoms with E-state index >= 15 is 0 Å². The average molecular weight is 397 g/mol. The summed E-state index contributed by atoms with van der Waals surface area (Å²) in [5.41, 5.74) is 5.14. The summed E-state index contributed by atoms with van der Waals surface area (Å²) in [5.74, 6) is 3.82. The quantitative estimate of drug-likeness (QED) is 0.457. The fraction of sp³-hybridized carbons (Fsp3) is 0.333. The van der Waals surface area contributed by atoms with Gasteiger partial charge in [0.1, 0.15) is 0 Å². The molecule has 0 N–H and O–H groups in total. The van der Waals surface area contributed by atoms with Crippen molar-refractivity contribution in [2.24, 2.45) is 23.7 Å². The van der Waals surface area contributed by atoms with E-state index in [1.807, 2.05) is 12.2 Å². The molecule has 0 aliphatic heterocycles. The monoisotopic (exact) mass is 396 g/mol. The highest BCUT2D eigenvalue weighted by atomic mass is 14.5. The van der Waals surface area contributed by atoms with Gasteiger partial charge in [0.15, 0.2) is 0 Å². The zero-order valence-electron chi connectivity index (χ0n) is 18.6. The van der Waals surface area contributed by atoms with E-state index in [9.17, 15) is 0 Å². The largest absolute Gasteiger partial charge is 0.0985 e. The number of hydrogen-bond donors (Lipinski definition) is 0. The maximum Gasteiger partial charge on any atom is -0.0133 e. The molecular weight excluding hydrogens is 360 g/mol. The van der Waals surface area contributed by atoms with Crippen molar-refractivity contribution in [2.75, 3.05) is 0 Å². The maximum absolute atomic E-state index is 3.69. The van der Waals surface area contributed by atoms with Crippen LogP contribution in [0.4, 0.5) is 0 Å². The van der Waals surface area contributed by atoms with E-state index in [1.54, 1.807) is 0 Å². The van der Waals surface area contributed by atoms with Crippen LogP contribution in [0.1, 0.15) is 48.9 Å². The first kappa shape index (κ1) is 22.1. The lowest BCUT2D eigenvalue weighted by molar-refractivity contribution is 0.398. The molecule has 2 aromatic rings. The number of rotatable bonds is 4. The second-order valence-corrected chi connectivity index (χ2v) is 8.45. The van der Waals surface area contributed by atoms with Gasteiger partial charge in [-0.05, 0) is 71.6 Å². The van der Waals surface area contributed by atoms with Crippen LogP contribution in [-0.4, -0.2) is 0 Å². The second-order valence-electron chi connectivity index (χ2n) is 8.45. The fourth-order valence-electron chi connectivity index (χ4n) is 4.75. The molecule has 0 heteroatoms. The molecule has 0 spiro atoms. The van der Waals surface area contributed by atoms with Gasteiger partial charge in [-0.15, -0.1) is 0 Å². The molecule has 0 aromatic heterocycles. The van der Waals surface area contributed by atoms with Crippen molar-refractivity contribution < 1.29 is 0 Å². The Morgan fingerprint density at radius 3 is 1.67 bits per heavy atom. The molecule has 30 heavy (non-hydrogen) atoms. The van der Waals surface area contributed by atoms with Crippen molar-refractivity contribution in [3.05, 3.63) is 108 Å². The molecule has 0 amide bonds. The second kappa shape index (κ2) is 11.0. The Hall–Kier alpha value is -2.60. The highest BCUT2D eigenvalue weighted by molar-refractivity contribution is 5.47. The van der Waals surface area contributed by atoms with E-state index in [1.165, 1.54) is 35.1 Å². The van der Waals surface area contributed by atoms with E-state index in [0.717, 1.165) is 36.5 Å². The van der Waals surface area contributed by atoms with Crippen LogP contribution in [0.3, 0.4) is 0 Å². The molecule has 0 heterocycles. The molecule has 156 valence electrons. The molecule has 3 aliphatic carbocycles. The van der Waals surface area contributed by atoms with Gasteiger partial charge in [-0.3, -0.25) is 0 Å². The van der Waals surface area contributed by atoms with E-state index in [2.05, 4.69) is 99.8 Å². The van der Waals surface area contributed by atoms with Gasteiger partial charge in [-0.25, -0.2) is 0 Å². The van der Waals surface area contributed by atoms with Crippen molar-refractivity contribution in [1.29, 1.82) is 0 Å². The van der Waals surface area contributed by atoms with Crippen molar-refractivity contribution in [3.8, 4) is 0 Å². The fourth-order valence-corrected chi connectivity index (χ4v) is 4.75. The number of fused-ring (bicyclic) bond motifs is 5. The minimum atomic E-state index is 0.925. The summed E-state index contributed by atoms with van der Waals surface area (Å²) in [7, 11) is 0. The molecule has 5 rings (SSSR count). The summed E-state index contributed by atoms with van der Waals surface area (Å²) in [4.78, 5) is 0. The van der Waals surface area contributed by atoms with Gasteiger partial charge >= 0.3 is 0 Å². The molecule has 0 nitrogen and oxygen atoms in total. The zero-order valence-corrected chi connectivity index (χ0v) is 18.6. The first-order valence-corrected chi connectivity index (χ1v) is 11.5. The molecule has 4 unspecified atom stereocenters. The number of aryl methyl sites for hydroxylation is 2. The third kappa shape index (κ3) is 5.51. The summed E-state index contributed by atoms with van der Waals surface area (Å²) >= 11 is 0. The minimum Gasteiger partial charge on any atom is -0.0985 e. The summed E-state index contributed by atoms with van der Waals surface area (Å²) in [6, 6.07) is 16.9. The van der Waals surface area contributed by atoms with E-state index in [4.69, 9.17) is 0 Å². The first-order chi connectivity index (χ1) is 14.7. The van der Waals surface area contributed by atoms with Gasteiger partial charge < -0.3 is 0 Å². The van der Waals surface area contributed by atoms with E-state index < -0.39 is 0 Å². The Morgan fingerprint density at radius 2 is 1.23 bits per heavy atom. The topological polar surface area (TPSA) is 0 Å². The lowest BCUT2D eigenvalue weighted by Crippen LogP contribution is -2.12. The Labute approximate surface area is 183 Å². The third-order valence-electron chi connectivity index (χ3n) is 6.70. The van der Waals surface area contributed by atoms with Gasteiger partial charge in [0, 0.05) is 0 Å². The molecule has 0 saturated heterocycles. The van der Waals surface area contributed by atoms with Crippen LogP contribution >= 0.6 is 0 Å². The highest BCUT2D eigenvalue weighted by Gasteiger charge is 2.44. The summed E-state index contributed by atoms with van der Waals surface area (Å²) in [5, 5.41) is 0. The number of benzene rings is 2. The molecule has 0 radical (unpaired) electrons. The smallest absolute Gasteiger partial charge is 0.0133 e. The SMILES string of the molecule is C1=CC2C3C=CC(C3)C2C1.C=Cc1ccc(CC)cc1.C=Cc1ccc(CC)cc1. The van der Waals surface area contributed by atoms with Crippen LogP contribution in [0.5, 0.6) is 0 Å². The first-order valence-electron chi connectivity index (χ1n) is 11.5. The zero-order chi connectivity index (χ0) is 21.3. The van der Waals surface area contributed by atoms with Crippen molar-refractivity contribution in [3.63, 3.8) is 0 Å². The predicted molar refractivity (Wildman–Crippen MR) is 133 cm³/mol. The minimum absolute atomic E-state index is 0.925. The average Bonchev–Trinajstić information content (AvgIpc) is 3.55. The third-order valence-corrected chi connectivity index (χ3v) is 6.70. The molecule has 2 aromatic carbocycles. The Bertz CT molecular complexity index is 812. The molecular formula is C30H36. The van der Waals surface area contributed by atoms with Gasteiger partial charge in [0.05, 0.1) is 0 Å². The van der Waals surface area contributed by atoms with Crippen molar-refractivity contribution >= 4 is 12.2 Å². The standard InChI is InChI=1S/3C10H12/c1-2-9-7-4-5-8(6-7)10(9)3-1;2*1-3-9-5-7-10(4-2)8-6-9/h1-2,4-5,7-10H,3,6H2;2*3,5-8H,1,4H2,2H3. The predicted octanol–water partition coefficient (Wildman–Crippen LogP) is 8.17. The van der Waals surface area contributed by atoms with Crippen LogP contribution in [0.2, 0.25) is 0 Å². The molecule has 1 fully saturated rings. The Balaban J connectivity index is 0.000000128.